The number of nitrogens with one attached hydrogen (secondary N) is 2. The van der Waals surface area contributed by atoms with Gasteiger partial charge in [-0.2, -0.15) is 0 Å². The maximum absolute atomic E-state index is 5.47. The van der Waals surface area contributed by atoms with Crippen molar-refractivity contribution in [1.29, 1.82) is 0 Å². The largest absolute Gasteiger partial charge is 0.496 e. The van der Waals surface area contributed by atoms with E-state index in [1.807, 2.05) is 7.05 Å². The van der Waals surface area contributed by atoms with Crippen molar-refractivity contribution in [2.45, 2.75) is 26.3 Å². The minimum absolute atomic E-state index is 0. The molecule has 1 aromatic carbocycles. The summed E-state index contributed by atoms with van der Waals surface area (Å²) in [6.07, 6.45) is 2.39. The topological polar surface area (TPSA) is 52.1 Å². The Morgan fingerprint density at radius 1 is 1.19 bits per heavy atom. The number of ether oxygens (including phenoxy) is 1. The normalized spacial score (nSPS) is 16.4. The summed E-state index contributed by atoms with van der Waals surface area (Å²) in [6, 6.07) is 6.27. The fourth-order valence-corrected chi connectivity index (χ4v) is 3.23. The number of hydrogen-bond acceptors (Lipinski definition) is 4. The van der Waals surface area contributed by atoms with Gasteiger partial charge < -0.3 is 25.2 Å². The molecule has 0 spiro atoms. The Bertz CT molecular complexity index is 581. The first kappa shape index (κ1) is 24.0. The summed E-state index contributed by atoms with van der Waals surface area (Å²) in [7, 11) is 5.74. The van der Waals surface area contributed by atoms with Crippen molar-refractivity contribution >= 4 is 29.9 Å². The minimum atomic E-state index is 0. The average molecular weight is 489 g/mol. The van der Waals surface area contributed by atoms with Crippen LogP contribution in [0, 0.1) is 6.92 Å². The Kier molecular flexibility index (Phi) is 11.7. The molecule has 1 saturated heterocycles. The van der Waals surface area contributed by atoms with Gasteiger partial charge in [-0.1, -0.05) is 12.1 Å². The third-order valence-corrected chi connectivity index (χ3v) is 4.87. The molecule has 6 nitrogen and oxygen atoms in total. The average Bonchev–Trinajstić information content (AvgIpc) is 2.86. The van der Waals surface area contributed by atoms with Gasteiger partial charge in [-0.05, 0) is 58.1 Å². The molecule has 2 rings (SSSR count). The molecular formula is C20H36IN5O. The number of rotatable bonds is 7. The van der Waals surface area contributed by atoms with Crippen LogP contribution in [0.1, 0.15) is 24.0 Å². The maximum Gasteiger partial charge on any atom is 0.191 e. The minimum Gasteiger partial charge on any atom is -0.496 e. The molecule has 1 aliphatic rings. The van der Waals surface area contributed by atoms with E-state index in [0.29, 0.717) is 6.54 Å². The van der Waals surface area contributed by atoms with E-state index in [1.165, 1.54) is 38.2 Å². The van der Waals surface area contributed by atoms with Crippen LogP contribution in [0.3, 0.4) is 0 Å². The van der Waals surface area contributed by atoms with Crippen molar-refractivity contribution in [1.82, 2.24) is 20.4 Å². The van der Waals surface area contributed by atoms with Gasteiger partial charge >= 0.3 is 0 Å². The van der Waals surface area contributed by atoms with E-state index in [0.717, 1.165) is 36.8 Å². The number of aliphatic imine (C=N–C) groups is 1. The van der Waals surface area contributed by atoms with E-state index in [4.69, 9.17) is 4.74 Å². The summed E-state index contributed by atoms with van der Waals surface area (Å²) in [4.78, 5) is 9.31. The van der Waals surface area contributed by atoms with Crippen LogP contribution in [0.25, 0.3) is 0 Å². The van der Waals surface area contributed by atoms with Gasteiger partial charge in [-0.15, -0.1) is 24.0 Å². The first-order valence-corrected chi connectivity index (χ1v) is 9.61. The second-order valence-corrected chi connectivity index (χ2v) is 7.02. The molecule has 1 fully saturated rings. The SMILES string of the molecule is CN=C(NCCCN1CCCN(C)CC1)NCc1ccc(C)cc1OC.I. The van der Waals surface area contributed by atoms with E-state index in [9.17, 15) is 0 Å². The molecule has 0 aliphatic carbocycles. The maximum atomic E-state index is 5.47. The summed E-state index contributed by atoms with van der Waals surface area (Å²) in [5, 5.41) is 6.79. The lowest BCUT2D eigenvalue weighted by molar-refractivity contribution is 0.274. The van der Waals surface area contributed by atoms with E-state index >= 15 is 0 Å². The monoisotopic (exact) mass is 489 g/mol. The summed E-state index contributed by atoms with van der Waals surface area (Å²) in [5.74, 6) is 1.75. The highest BCUT2D eigenvalue weighted by Crippen LogP contribution is 2.19. The smallest absolute Gasteiger partial charge is 0.191 e. The first-order chi connectivity index (χ1) is 12.6. The fourth-order valence-electron chi connectivity index (χ4n) is 3.23. The molecule has 1 aliphatic heterocycles. The van der Waals surface area contributed by atoms with Crippen molar-refractivity contribution in [2.24, 2.45) is 4.99 Å². The zero-order valence-corrected chi connectivity index (χ0v) is 19.6. The van der Waals surface area contributed by atoms with Crippen LogP contribution in [0.2, 0.25) is 0 Å². The Labute approximate surface area is 181 Å². The Hall–Kier alpha value is -1.06. The lowest BCUT2D eigenvalue weighted by atomic mass is 10.1. The van der Waals surface area contributed by atoms with Crippen LogP contribution >= 0.6 is 24.0 Å². The highest BCUT2D eigenvalue weighted by atomic mass is 127. The molecule has 7 heteroatoms. The van der Waals surface area contributed by atoms with Gasteiger partial charge in [-0.3, -0.25) is 4.99 Å². The molecule has 0 amide bonds. The van der Waals surface area contributed by atoms with Crippen molar-refractivity contribution in [3.05, 3.63) is 29.3 Å². The number of halogens is 1. The first-order valence-electron chi connectivity index (χ1n) is 9.61. The second-order valence-electron chi connectivity index (χ2n) is 7.02. The Morgan fingerprint density at radius 2 is 2.00 bits per heavy atom. The molecule has 0 atom stereocenters. The molecule has 154 valence electrons. The number of aryl methyl sites for hydroxylation is 1. The predicted octanol–water partition coefficient (Wildman–Crippen LogP) is 2.31. The van der Waals surface area contributed by atoms with Crippen LogP contribution in [-0.4, -0.2) is 76.2 Å². The zero-order valence-electron chi connectivity index (χ0n) is 17.3. The summed E-state index contributed by atoms with van der Waals surface area (Å²) >= 11 is 0. The number of likely N-dealkylation sites (N-methyl/N-ethyl adjacent to an activating group) is 1. The molecular weight excluding hydrogens is 453 g/mol. The summed E-state index contributed by atoms with van der Waals surface area (Å²) in [5.41, 5.74) is 2.34. The van der Waals surface area contributed by atoms with E-state index in [1.54, 1.807) is 7.11 Å². The highest BCUT2D eigenvalue weighted by molar-refractivity contribution is 14.0. The molecule has 1 heterocycles. The second kappa shape index (κ2) is 13.2. The number of benzene rings is 1. The zero-order chi connectivity index (χ0) is 18.8. The van der Waals surface area contributed by atoms with Crippen LogP contribution < -0.4 is 15.4 Å². The quantitative estimate of drug-likeness (QED) is 0.267. The van der Waals surface area contributed by atoms with Gasteiger partial charge in [-0.25, -0.2) is 0 Å². The Morgan fingerprint density at radius 3 is 2.74 bits per heavy atom. The van der Waals surface area contributed by atoms with E-state index < -0.39 is 0 Å². The molecule has 0 bridgehead atoms. The van der Waals surface area contributed by atoms with Gasteiger partial charge in [0, 0.05) is 38.8 Å². The lowest BCUT2D eigenvalue weighted by Gasteiger charge is -2.20. The van der Waals surface area contributed by atoms with Gasteiger partial charge in [0.2, 0.25) is 0 Å². The number of nitrogens with zero attached hydrogens (tertiary/aromatic N) is 3. The van der Waals surface area contributed by atoms with Crippen molar-refractivity contribution in [2.75, 3.05) is 60.5 Å². The third-order valence-electron chi connectivity index (χ3n) is 4.87. The highest BCUT2D eigenvalue weighted by Gasteiger charge is 2.11. The number of methoxy groups -OCH3 is 1. The van der Waals surface area contributed by atoms with Crippen molar-refractivity contribution < 1.29 is 4.74 Å². The van der Waals surface area contributed by atoms with Crippen LogP contribution in [-0.2, 0) is 6.54 Å². The lowest BCUT2D eigenvalue weighted by Crippen LogP contribution is -2.38. The molecule has 0 radical (unpaired) electrons. The Balaban J connectivity index is 0.00000364. The van der Waals surface area contributed by atoms with Gasteiger partial charge in [0.05, 0.1) is 7.11 Å². The van der Waals surface area contributed by atoms with Gasteiger partial charge in [0.1, 0.15) is 5.75 Å². The molecule has 0 aromatic heterocycles. The summed E-state index contributed by atoms with van der Waals surface area (Å²) in [6.45, 7) is 9.62. The molecule has 27 heavy (non-hydrogen) atoms. The standard InChI is InChI=1S/C20H35N5O.HI/c1-17-7-8-18(19(15-17)26-4)16-23-20(21-2)22-9-5-11-25-12-6-10-24(3)13-14-25;/h7-8,15H,5-6,9-14,16H2,1-4H3,(H2,21,22,23);1H. The van der Waals surface area contributed by atoms with Crippen LogP contribution in [0.4, 0.5) is 0 Å². The third kappa shape index (κ3) is 8.66. The molecule has 1 aromatic rings. The van der Waals surface area contributed by atoms with Gasteiger partial charge in [0.15, 0.2) is 5.96 Å². The number of hydrogen-bond donors (Lipinski definition) is 2. The molecule has 0 unspecified atom stereocenters. The summed E-state index contributed by atoms with van der Waals surface area (Å²) < 4.78 is 5.47. The fraction of sp³-hybridized carbons (Fsp3) is 0.650. The number of guanidine groups is 1. The van der Waals surface area contributed by atoms with Crippen molar-refractivity contribution in [3.63, 3.8) is 0 Å². The van der Waals surface area contributed by atoms with E-state index in [-0.39, 0.29) is 24.0 Å². The molecule has 2 N–H and O–H groups in total. The van der Waals surface area contributed by atoms with Crippen LogP contribution in [0.5, 0.6) is 5.75 Å². The molecule has 0 saturated carbocycles. The van der Waals surface area contributed by atoms with E-state index in [2.05, 4.69) is 57.6 Å². The van der Waals surface area contributed by atoms with Crippen molar-refractivity contribution in [3.8, 4) is 5.75 Å². The predicted molar refractivity (Wildman–Crippen MR) is 125 cm³/mol. The van der Waals surface area contributed by atoms with Gasteiger partial charge in [0.25, 0.3) is 0 Å². The van der Waals surface area contributed by atoms with Crippen LogP contribution in [0.15, 0.2) is 23.2 Å².